The molecule has 0 aliphatic rings. The van der Waals surface area contributed by atoms with Gasteiger partial charge >= 0.3 is 0 Å². The number of nitro groups is 1. The van der Waals surface area contributed by atoms with Gasteiger partial charge in [-0.1, -0.05) is 6.92 Å². The van der Waals surface area contributed by atoms with E-state index in [4.69, 9.17) is 5.73 Å². The minimum absolute atomic E-state index is 0.0102. The zero-order valence-corrected chi connectivity index (χ0v) is 11.8. The van der Waals surface area contributed by atoms with E-state index in [2.05, 4.69) is 5.32 Å². The van der Waals surface area contributed by atoms with E-state index in [-0.39, 0.29) is 12.2 Å². The maximum atomic E-state index is 11.0. The standard InChI is InChI=1S/C13H20N4O3/c1-3-5-15-10-6-11(8-12(7-10)17(19)20)16(4-2)9-13(14)18/h6-8,15H,3-5,9H2,1-2H3,(H2,14,18). The van der Waals surface area contributed by atoms with Crippen molar-refractivity contribution >= 4 is 23.0 Å². The van der Waals surface area contributed by atoms with Crippen LogP contribution in [0.5, 0.6) is 0 Å². The van der Waals surface area contributed by atoms with Crippen LogP contribution >= 0.6 is 0 Å². The molecule has 1 aromatic rings. The largest absolute Gasteiger partial charge is 0.385 e. The minimum Gasteiger partial charge on any atom is -0.385 e. The molecule has 20 heavy (non-hydrogen) atoms. The molecule has 0 saturated carbocycles. The van der Waals surface area contributed by atoms with E-state index in [1.165, 1.54) is 12.1 Å². The molecule has 0 saturated heterocycles. The van der Waals surface area contributed by atoms with E-state index in [0.29, 0.717) is 17.9 Å². The fourth-order valence-corrected chi connectivity index (χ4v) is 1.83. The van der Waals surface area contributed by atoms with E-state index in [1.807, 2.05) is 13.8 Å². The van der Waals surface area contributed by atoms with Gasteiger partial charge in [-0.05, 0) is 19.4 Å². The fourth-order valence-electron chi connectivity index (χ4n) is 1.83. The molecule has 0 spiro atoms. The Morgan fingerprint density at radius 2 is 2.10 bits per heavy atom. The molecule has 0 heterocycles. The van der Waals surface area contributed by atoms with Crippen LogP contribution in [0.15, 0.2) is 18.2 Å². The fraction of sp³-hybridized carbons (Fsp3) is 0.462. The van der Waals surface area contributed by atoms with Crippen molar-refractivity contribution in [3.05, 3.63) is 28.3 Å². The number of hydrogen-bond donors (Lipinski definition) is 2. The van der Waals surface area contributed by atoms with Crippen LogP contribution in [0.3, 0.4) is 0 Å². The maximum Gasteiger partial charge on any atom is 0.273 e. The molecule has 0 aromatic heterocycles. The van der Waals surface area contributed by atoms with Crippen molar-refractivity contribution in [2.45, 2.75) is 20.3 Å². The summed E-state index contributed by atoms with van der Waals surface area (Å²) in [6, 6.07) is 4.72. The van der Waals surface area contributed by atoms with Crippen LogP contribution < -0.4 is 16.0 Å². The molecule has 0 aliphatic carbocycles. The summed E-state index contributed by atoms with van der Waals surface area (Å²) in [4.78, 5) is 23.3. The molecular weight excluding hydrogens is 260 g/mol. The van der Waals surface area contributed by atoms with Crippen LogP contribution in [0.1, 0.15) is 20.3 Å². The normalized spacial score (nSPS) is 10.1. The lowest BCUT2D eigenvalue weighted by Gasteiger charge is -2.22. The van der Waals surface area contributed by atoms with E-state index >= 15 is 0 Å². The number of likely N-dealkylation sites (N-methyl/N-ethyl adjacent to an activating group) is 1. The number of nitrogens with zero attached hydrogens (tertiary/aromatic N) is 2. The van der Waals surface area contributed by atoms with Crippen molar-refractivity contribution < 1.29 is 9.72 Å². The summed E-state index contributed by atoms with van der Waals surface area (Å²) in [5.74, 6) is -0.471. The molecule has 0 aliphatic heterocycles. The highest BCUT2D eigenvalue weighted by Crippen LogP contribution is 2.27. The highest BCUT2D eigenvalue weighted by Gasteiger charge is 2.14. The van der Waals surface area contributed by atoms with Gasteiger partial charge in [0.05, 0.1) is 11.5 Å². The Labute approximate surface area is 117 Å². The van der Waals surface area contributed by atoms with Crippen molar-refractivity contribution in [1.29, 1.82) is 0 Å². The first-order valence-corrected chi connectivity index (χ1v) is 6.54. The Bertz CT molecular complexity index is 491. The Morgan fingerprint density at radius 1 is 1.40 bits per heavy atom. The number of nitro benzene ring substituents is 1. The second-order valence-electron chi connectivity index (χ2n) is 4.40. The Kier molecular flexibility index (Phi) is 5.76. The lowest BCUT2D eigenvalue weighted by Crippen LogP contribution is -2.33. The van der Waals surface area contributed by atoms with Gasteiger partial charge in [-0.3, -0.25) is 14.9 Å². The van der Waals surface area contributed by atoms with Gasteiger partial charge in [0.1, 0.15) is 0 Å². The van der Waals surface area contributed by atoms with Crippen molar-refractivity contribution in [2.24, 2.45) is 5.73 Å². The highest BCUT2D eigenvalue weighted by molar-refractivity contribution is 5.80. The van der Waals surface area contributed by atoms with Gasteiger partial charge in [0, 0.05) is 36.6 Å². The van der Waals surface area contributed by atoms with E-state index in [9.17, 15) is 14.9 Å². The van der Waals surface area contributed by atoms with E-state index in [1.54, 1.807) is 11.0 Å². The van der Waals surface area contributed by atoms with Gasteiger partial charge in [0.15, 0.2) is 0 Å². The van der Waals surface area contributed by atoms with Crippen LogP contribution in [0.2, 0.25) is 0 Å². The lowest BCUT2D eigenvalue weighted by atomic mass is 10.2. The number of benzene rings is 1. The Hall–Kier alpha value is -2.31. The second-order valence-corrected chi connectivity index (χ2v) is 4.40. The molecule has 3 N–H and O–H groups in total. The predicted octanol–water partition coefficient (Wildman–Crippen LogP) is 1.73. The maximum absolute atomic E-state index is 11.0. The molecule has 7 heteroatoms. The third kappa shape index (κ3) is 4.42. The summed E-state index contributed by atoms with van der Waals surface area (Å²) >= 11 is 0. The van der Waals surface area contributed by atoms with Crippen LogP contribution in [-0.2, 0) is 4.79 Å². The van der Waals surface area contributed by atoms with Crippen molar-refractivity contribution in [1.82, 2.24) is 0 Å². The monoisotopic (exact) mass is 280 g/mol. The molecule has 1 rings (SSSR count). The topological polar surface area (TPSA) is 102 Å². The van der Waals surface area contributed by atoms with E-state index in [0.717, 1.165) is 13.0 Å². The summed E-state index contributed by atoms with van der Waals surface area (Å²) in [6.45, 7) is 5.17. The van der Waals surface area contributed by atoms with Crippen molar-refractivity contribution in [2.75, 3.05) is 29.9 Å². The number of hydrogen-bond acceptors (Lipinski definition) is 5. The first kappa shape index (κ1) is 15.7. The molecule has 1 amide bonds. The number of amides is 1. The number of nitrogens with two attached hydrogens (primary N) is 1. The van der Waals surface area contributed by atoms with Crippen molar-refractivity contribution in [3.8, 4) is 0 Å². The number of carbonyl (C=O) groups excluding carboxylic acids is 1. The SMILES string of the molecule is CCCNc1cc(N(CC)CC(N)=O)cc([N+](=O)[O-])c1. The summed E-state index contributed by atoms with van der Waals surface area (Å²) in [7, 11) is 0. The predicted molar refractivity (Wildman–Crippen MR) is 79.0 cm³/mol. The summed E-state index contributed by atoms with van der Waals surface area (Å²) in [5, 5.41) is 14.1. The zero-order valence-electron chi connectivity index (χ0n) is 11.8. The quantitative estimate of drug-likeness (QED) is 0.557. The first-order valence-electron chi connectivity index (χ1n) is 6.54. The molecule has 0 bridgehead atoms. The Morgan fingerprint density at radius 3 is 2.60 bits per heavy atom. The smallest absolute Gasteiger partial charge is 0.273 e. The highest BCUT2D eigenvalue weighted by atomic mass is 16.6. The number of nitrogens with one attached hydrogen (secondary N) is 1. The minimum atomic E-state index is -0.471. The number of non-ortho nitro benzene ring substituents is 1. The lowest BCUT2D eigenvalue weighted by molar-refractivity contribution is -0.384. The first-order chi connectivity index (χ1) is 9.47. The average Bonchev–Trinajstić information content (AvgIpc) is 2.41. The van der Waals surface area contributed by atoms with Gasteiger partial charge in [-0.15, -0.1) is 0 Å². The molecule has 110 valence electrons. The molecule has 0 atom stereocenters. The van der Waals surface area contributed by atoms with Crippen LogP contribution in [0.4, 0.5) is 17.1 Å². The third-order valence-electron chi connectivity index (χ3n) is 2.79. The average molecular weight is 280 g/mol. The molecule has 0 radical (unpaired) electrons. The van der Waals surface area contributed by atoms with Crippen LogP contribution in [-0.4, -0.2) is 30.5 Å². The molecule has 1 aromatic carbocycles. The molecule has 7 nitrogen and oxygen atoms in total. The zero-order chi connectivity index (χ0) is 15.1. The number of carbonyl (C=O) groups is 1. The van der Waals surface area contributed by atoms with Gasteiger partial charge in [-0.25, -0.2) is 0 Å². The number of rotatable bonds is 8. The molecule has 0 fully saturated rings. The number of primary amides is 1. The summed E-state index contributed by atoms with van der Waals surface area (Å²) < 4.78 is 0. The molecule has 0 unspecified atom stereocenters. The summed E-state index contributed by atoms with van der Waals surface area (Å²) in [6.07, 6.45) is 0.913. The third-order valence-corrected chi connectivity index (χ3v) is 2.79. The van der Waals surface area contributed by atoms with Crippen molar-refractivity contribution in [3.63, 3.8) is 0 Å². The second kappa shape index (κ2) is 7.32. The van der Waals surface area contributed by atoms with Gasteiger partial charge in [0.25, 0.3) is 5.69 Å². The van der Waals surface area contributed by atoms with Crippen LogP contribution in [0, 0.1) is 10.1 Å². The van der Waals surface area contributed by atoms with Gasteiger partial charge in [0.2, 0.25) is 5.91 Å². The van der Waals surface area contributed by atoms with Gasteiger partial charge < -0.3 is 16.0 Å². The van der Waals surface area contributed by atoms with E-state index < -0.39 is 10.8 Å². The number of anilines is 2. The Balaban J connectivity index is 3.12. The van der Waals surface area contributed by atoms with Gasteiger partial charge in [-0.2, -0.15) is 0 Å². The van der Waals surface area contributed by atoms with Crippen LogP contribution in [0.25, 0.3) is 0 Å². The summed E-state index contributed by atoms with van der Waals surface area (Å²) in [5.41, 5.74) is 6.46. The molecular formula is C13H20N4O3.